The van der Waals surface area contributed by atoms with E-state index in [1.54, 1.807) is 11.0 Å². The molecule has 1 saturated heterocycles. The number of hydrogen-bond donors (Lipinski definition) is 0. The van der Waals surface area contributed by atoms with E-state index in [9.17, 15) is 9.18 Å². The van der Waals surface area contributed by atoms with Crippen LogP contribution in [-0.2, 0) is 0 Å². The highest BCUT2D eigenvalue weighted by Gasteiger charge is 2.22. The molecule has 98 valence electrons. The van der Waals surface area contributed by atoms with Crippen molar-refractivity contribution in [1.82, 2.24) is 4.90 Å². The van der Waals surface area contributed by atoms with Crippen molar-refractivity contribution in [3.8, 4) is 5.75 Å². The van der Waals surface area contributed by atoms with Gasteiger partial charge in [0, 0.05) is 24.0 Å². The summed E-state index contributed by atoms with van der Waals surface area (Å²) in [6.45, 7) is 1.25. The SMILES string of the molecule is COc1ccc(C(=O)N2CCC(Cl)CC2)cc1F. The Bertz CT molecular complexity index is 445. The van der Waals surface area contributed by atoms with Crippen molar-refractivity contribution >= 4 is 17.5 Å². The lowest BCUT2D eigenvalue weighted by molar-refractivity contribution is 0.0726. The molecule has 1 aromatic rings. The third kappa shape index (κ3) is 2.75. The summed E-state index contributed by atoms with van der Waals surface area (Å²) in [6.07, 6.45) is 1.57. The fourth-order valence-electron chi connectivity index (χ4n) is 2.03. The highest BCUT2D eigenvalue weighted by atomic mass is 35.5. The number of alkyl halides is 1. The highest BCUT2D eigenvalue weighted by molar-refractivity contribution is 6.20. The van der Waals surface area contributed by atoms with Gasteiger partial charge in [0.1, 0.15) is 0 Å². The van der Waals surface area contributed by atoms with E-state index in [1.807, 2.05) is 0 Å². The maximum atomic E-state index is 13.5. The Balaban J connectivity index is 2.11. The molecule has 5 heteroatoms. The molecule has 3 nitrogen and oxygen atoms in total. The third-order valence-electron chi connectivity index (χ3n) is 3.11. The fraction of sp³-hybridized carbons (Fsp3) is 0.462. The molecule has 0 unspecified atom stereocenters. The molecule has 0 saturated carbocycles. The number of carbonyl (C=O) groups excluding carboxylic acids is 1. The minimum absolute atomic E-state index is 0.140. The Morgan fingerprint density at radius 2 is 2.11 bits per heavy atom. The van der Waals surface area contributed by atoms with Gasteiger partial charge in [-0.05, 0) is 31.0 Å². The van der Waals surface area contributed by atoms with E-state index in [-0.39, 0.29) is 17.0 Å². The Kier molecular flexibility index (Phi) is 4.07. The Morgan fingerprint density at radius 1 is 1.44 bits per heavy atom. The average Bonchev–Trinajstić information content (AvgIpc) is 2.38. The number of piperidine rings is 1. The van der Waals surface area contributed by atoms with Crippen LogP contribution in [0.4, 0.5) is 4.39 Å². The molecule has 1 aromatic carbocycles. The Hall–Kier alpha value is -1.29. The van der Waals surface area contributed by atoms with Crippen molar-refractivity contribution in [2.24, 2.45) is 0 Å². The van der Waals surface area contributed by atoms with Gasteiger partial charge in [-0.1, -0.05) is 0 Å². The van der Waals surface area contributed by atoms with Crippen molar-refractivity contribution in [3.63, 3.8) is 0 Å². The summed E-state index contributed by atoms with van der Waals surface area (Å²) >= 11 is 5.98. The zero-order chi connectivity index (χ0) is 13.1. The minimum atomic E-state index is -0.518. The van der Waals surface area contributed by atoms with Crippen LogP contribution in [0, 0.1) is 5.82 Å². The van der Waals surface area contributed by atoms with Crippen molar-refractivity contribution < 1.29 is 13.9 Å². The van der Waals surface area contributed by atoms with Crippen LogP contribution in [-0.4, -0.2) is 36.4 Å². The topological polar surface area (TPSA) is 29.5 Å². The van der Waals surface area contributed by atoms with Crippen LogP contribution in [0.2, 0.25) is 0 Å². The maximum absolute atomic E-state index is 13.5. The van der Waals surface area contributed by atoms with E-state index in [0.29, 0.717) is 18.7 Å². The van der Waals surface area contributed by atoms with Crippen LogP contribution in [0.15, 0.2) is 18.2 Å². The number of rotatable bonds is 2. The first-order valence-electron chi connectivity index (χ1n) is 5.88. The summed E-state index contributed by atoms with van der Waals surface area (Å²) < 4.78 is 18.3. The first-order valence-corrected chi connectivity index (χ1v) is 6.32. The summed E-state index contributed by atoms with van der Waals surface area (Å²) in [5.41, 5.74) is 0.348. The molecule has 0 spiro atoms. The number of methoxy groups -OCH3 is 1. The largest absolute Gasteiger partial charge is 0.494 e. The highest BCUT2D eigenvalue weighted by Crippen LogP contribution is 2.21. The Labute approximate surface area is 110 Å². The summed E-state index contributed by atoms with van der Waals surface area (Å²) in [5, 5.41) is 0.140. The van der Waals surface area contributed by atoms with Crippen LogP contribution in [0.3, 0.4) is 0 Å². The number of benzene rings is 1. The molecule has 1 fully saturated rings. The lowest BCUT2D eigenvalue weighted by Crippen LogP contribution is -2.38. The fourth-order valence-corrected chi connectivity index (χ4v) is 2.23. The second-order valence-electron chi connectivity index (χ2n) is 4.32. The lowest BCUT2D eigenvalue weighted by atomic mass is 10.1. The van der Waals surface area contributed by atoms with Gasteiger partial charge in [-0.15, -0.1) is 11.6 Å². The molecule has 1 amide bonds. The normalized spacial score (nSPS) is 16.7. The second kappa shape index (κ2) is 5.57. The van der Waals surface area contributed by atoms with Gasteiger partial charge >= 0.3 is 0 Å². The number of likely N-dealkylation sites (tertiary alicyclic amines) is 1. The van der Waals surface area contributed by atoms with Crippen molar-refractivity contribution in [2.75, 3.05) is 20.2 Å². The number of amides is 1. The number of halogens is 2. The van der Waals surface area contributed by atoms with Crippen LogP contribution >= 0.6 is 11.6 Å². The molecule has 1 aliphatic rings. The second-order valence-corrected chi connectivity index (χ2v) is 4.93. The average molecular weight is 272 g/mol. The molecule has 1 heterocycles. The van der Waals surface area contributed by atoms with Crippen LogP contribution in [0.5, 0.6) is 5.75 Å². The molecular formula is C13H15ClFNO2. The standard InChI is InChI=1S/C13H15ClFNO2/c1-18-12-3-2-9(8-11(12)15)13(17)16-6-4-10(14)5-7-16/h2-3,8,10H,4-7H2,1H3. The van der Waals surface area contributed by atoms with Crippen LogP contribution in [0.25, 0.3) is 0 Å². The Morgan fingerprint density at radius 3 is 2.67 bits per heavy atom. The zero-order valence-corrected chi connectivity index (χ0v) is 10.9. The molecular weight excluding hydrogens is 257 g/mol. The number of ether oxygens (including phenoxy) is 1. The van der Waals surface area contributed by atoms with Gasteiger partial charge in [0.05, 0.1) is 7.11 Å². The smallest absolute Gasteiger partial charge is 0.253 e. The number of nitrogens with zero attached hydrogens (tertiary/aromatic N) is 1. The van der Waals surface area contributed by atoms with Crippen molar-refractivity contribution in [3.05, 3.63) is 29.6 Å². The summed E-state index contributed by atoms with van der Waals surface area (Å²) in [5.74, 6) is -0.526. The van der Waals surface area contributed by atoms with Gasteiger partial charge < -0.3 is 9.64 Å². The monoisotopic (exact) mass is 271 g/mol. The van der Waals surface area contributed by atoms with E-state index < -0.39 is 5.82 Å². The predicted molar refractivity (Wildman–Crippen MR) is 67.7 cm³/mol. The number of carbonyl (C=O) groups is 1. The summed E-state index contributed by atoms with van der Waals surface area (Å²) in [4.78, 5) is 13.8. The van der Waals surface area contributed by atoms with Crippen LogP contribution in [0.1, 0.15) is 23.2 Å². The summed E-state index contributed by atoms with van der Waals surface area (Å²) in [7, 11) is 1.39. The molecule has 2 rings (SSSR count). The minimum Gasteiger partial charge on any atom is -0.494 e. The number of hydrogen-bond acceptors (Lipinski definition) is 2. The molecule has 0 bridgehead atoms. The molecule has 1 aliphatic heterocycles. The van der Waals surface area contributed by atoms with Gasteiger partial charge in [0.2, 0.25) is 0 Å². The first-order chi connectivity index (χ1) is 8.61. The lowest BCUT2D eigenvalue weighted by Gasteiger charge is -2.29. The van der Waals surface area contributed by atoms with Gasteiger partial charge in [-0.25, -0.2) is 4.39 Å². The molecule has 0 aromatic heterocycles. The molecule has 0 radical (unpaired) electrons. The van der Waals surface area contributed by atoms with Gasteiger partial charge in [0.15, 0.2) is 11.6 Å². The molecule has 0 aliphatic carbocycles. The summed E-state index contributed by atoms with van der Waals surface area (Å²) in [6, 6.07) is 4.27. The van der Waals surface area contributed by atoms with E-state index in [2.05, 4.69) is 0 Å². The predicted octanol–water partition coefficient (Wildman–Crippen LogP) is 2.68. The molecule has 18 heavy (non-hydrogen) atoms. The molecule has 0 N–H and O–H groups in total. The van der Waals surface area contributed by atoms with Crippen molar-refractivity contribution in [2.45, 2.75) is 18.2 Å². The van der Waals surface area contributed by atoms with E-state index in [0.717, 1.165) is 12.8 Å². The maximum Gasteiger partial charge on any atom is 0.253 e. The van der Waals surface area contributed by atoms with Crippen LogP contribution < -0.4 is 4.74 Å². The van der Waals surface area contributed by atoms with Gasteiger partial charge in [-0.3, -0.25) is 4.79 Å². The first kappa shape index (κ1) is 13.1. The third-order valence-corrected chi connectivity index (χ3v) is 3.55. The van der Waals surface area contributed by atoms with Gasteiger partial charge in [-0.2, -0.15) is 0 Å². The zero-order valence-electron chi connectivity index (χ0n) is 10.2. The molecule has 0 atom stereocenters. The van der Waals surface area contributed by atoms with Crippen molar-refractivity contribution in [1.29, 1.82) is 0 Å². The quantitative estimate of drug-likeness (QED) is 0.774. The van der Waals surface area contributed by atoms with Gasteiger partial charge in [0.25, 0.3) is 5.91 Å². The van der Waals surface area contributed by atoms with E-state index in [4.69, 9.17) is 16.3 Å². The van der Waals surface area contributed by atoms with E-state index >= 15 is 0 Å². The van der Waals surface area contributed by atoms with E-state index in [1.165, 1.54) is 19.2 Å².